The summed E-state index contributed by atoms with van der Waals surface area (Å²) < 4.78 is 6.50. The molecule has 1 aliphatic carbocycles. The Labute approximate surface area is 136 Å². The van der Waals surface area contributed by atoms with Crippen molar-refractivity contribution in [3.05, 3.63) is 16.0 Å². The maximum Gasteiger partial charge on any atom is 0.144 e. The van der Waals surface area contributed by atoms with Gasteiger partial charge in [-0.15, -0.1) is 0 Å². The molecule has 1 fully saturated rings. The summed E-state index contributed by atoms with van der Waals surface area (Å²) in [6.45, 7) is 6.55. The fraction of sp³-hybridized carbons (Fsp3) is 0.750. The van der Waals surface area contributed by atoms with Crippen molar-refractivity contribution in [2.45, 2.75) is 58.3 Å². The molecule has 4 nitrogen and oxygen atoms in total. The molecule has 1 aromatic rings. The van der Waals surface area contributed by atoms with Crippen molar-refractivity contribution in [2.24, 2.45) is 0 Å². The van der Waals surface area contributed by atoms with E-state index in [9.17, 15) is 0 Å². The Morgan fingerprint density at radius 1 is 1.24 bits per heavy atom. The number of aromatic nitrogens is 2. The normalized spacial score (nSPS) is 15.6. The number of ether oxygens (including phenoxy) is 1. The standard InChI is InChI=1S/C16H26BrN3O/c1-3-10-18-16-14(17)15(12-7-5-6-8-12)19-13(20-16)9-11-21-4-2/h12H,3-11H2,1-2H3,(H,18,19,20). The maximum absolute atomic E-state index is 5.44. The molecule has 0 aromatic carbocycles. The molecule has 0 amide bonds. The minimum atomic E-state index is 0.579. The van der Waals surface area contributed by atoms with Gasteiger partial charge in [-0.3, -0.25) is 0 Å². The van der Waals surface area contributed by atoms with Crippen molar-refractivity contribution in [1.82, 2.24) is 9.97 Å². The van der Waals surface area contributed by atoms with Gasteiger partial charge in [-0.2, -0.15) is 0 Å². The number of anilines is 1. The van der Waals surface area contributed by atoms with Crippen LogP contribution in [0.15, 0.2) is 4.47 Å². The van der Waals surface area contributed by atoms with E-state index in [-0.39, 0.29) is 0 Å². The molecule has 0 spiro atoms. The van der Waals surface area contributed by atoms with Crippen molar-refractivity contribution < 1.29 is 4.74 Å². The van der Waals surface area contributed by atoms with Crippen LogP contribution in [-0.4, -0.2) is 29.7 Å². The molecule has 1 aliphatic rings. The summed E-state index contributed by atoms with van der Waals surface area (Å²) in [5.41, 5.74) is 1.19. The zero-order valence-corrected chi connectivity index (χ0v) is 14.7. The van der Waals surface area contributed by atoms with Gasteiger partial charge in [0.2, 0.25) is 0 Å². The van der Waals surface area contributed by atoms with Gasteiger partial charge in [0.15, 0.2) is 0 Å². The smallest absolute Gasteiger partial charge is 0.144 e. The Hall–Kier alpha value is -0.680. The second-order valence-electron chi connectivity index (χ2n) is 5.54. The summed E-state index contributed by atoms with van der Waals surface area (Å²) >= 11 is 3.72. The molecule has 1 N–H and O–H groups in total. The molecule has 21 heavy (non-hydrogen) atoms. The molecule has 0 atom stereocenters. The van der Waals surface area contributed by atoms with Gasteiger partial charge in [-0.25, -0.2) is 9.97 Å². The van der Waals surface area contributed by atoms with Gasteiger partial charge in [0.05, 0.1) is 16.8 Å². The van der Waals surface area contributed by atoms with Crippen LogP contribution in [0.25, 0.3) is 0 Å². The predicted octanol–water partition coefficient (Wildman–Crippen LogP) is 4.30. The number of hydrogen-bond donors (Lipinski definition) is 1. The summed E-state index contributed by atoms with van der Waals surface area (Å²) in [4.78, 5) is 9.48. The third kappa shape index (κ3) is 4.65. The molecule has 2 rings (SSSR count). The van der Waals surface area contributed by atoms with Gasteiger partial charge in [-0.1, -0.05) is 19.8 Å². The first-order valence-corrected chi connectivity index (χ1v) is 8.93. The van der Waals surface area contributed by atoms with E-state index in [1.54, 1.807) is 0 Å². The lowest BCUT2D eigenvalue weighted by molar-refractivity contribution is 0.149. The molecule has 5 heteroatoms. The molecule has 1 heterocycles. The van der Waals surface area contributed by atoms with Crippen LogP contribution >= 0.6 is 15.9 Å². The van der Waals surface area contributed by atoms with E-state index in [1.165, 1.54) is 31.4 Å². The van der Waals surface area contributed by atoms with Crippen molar-refractivity contribution in [2.75, 3.05) is 25.1 Å². The van der Waals surface area contributed by atoms with Crippen LogP contribution in [0.1, 0.15) is 63.4 Å². The van der Waals surface area contributed by atoms with Crippen molar-refractivity contribution in [3.8, 4) is 0 Å². The highest BCUT2D eigenvalue weighted by Crippen LogP contribution is 2.38. The lowest BCUT2D eigenvalue weighted by atomic mass is 10.0. The minimum Gasteiger partial charge on any atom is -0.381 e. The summed E-state index contributed by atoms with van der Waals surface area (Å²) in [5, 5.41) is 3.42. The third-order valence-electron chi connectivity index (χ3n) is 3.88. The Morgan fingerprint density at radius 3 is 2.67 bits per heavy atom. The number of nitrogens with zero attached hydrogens (tertiary/aromatic N) is 2. The van der Waals surface area contributed by atoms with Crippen LogP contribution in [0.5, 0.6) is 0 Å². The van der Waals surface area contributed by atoms with Crippen molar-refractivity contribution >= 4 is 21.7 Å². The summed E-state index contributed by atoms with van der Waals surface area (Å²) in [7, 11) is 0. The Bertz CT molecular complexity index is 447. The number of rotatable bonds is 8. The van der Waals surface area contributed by atoms with E-state index in [4.69, 9.17) is 9.72 Å². The number of halogens is 1. The monoisotopic (exact) mass is 355 g/mol. The molecular formula is C16H26BrN3O. The summed E-state index contributed by atoms with van der Waals surface area (Å²) in [6, 6.07) is 0. The Balaban J connectivity index is 2.21. The summed E-state index contributed by atoms with van der Waals surface area (Å²) in [5.74, 6) is 2.42. The molecule has 0 aliphatic heterocycles. The highest BCUT2D eigenvalue weighted by atomic mass is 79.9. The quantitative estimate of drug-likeness (QED) is 0.706. The van der Waals surface area contributed by atoms with Crippen molar-refractivity contribution in [1.29, 1.82) is 0 Å². The van der Waals surface area contributed by atoms with Gasteiger partial charge < -0.3 is 10.1 Å². The van der Waals surface area contributed by atoms with Gasteiger partial charge >= 0.3 is 0 Å². The molecule has 0 saturated heterocycles. The first-order chi connectivity index (χ1) is 10.3. The largest absolute Gasteiger partial charge is 0.381 e. The second-order valence-corrected chi connectivity index (χ2v) is 6.34. The molecule has 0 bridgehead atoms. The minimum absolute atomic E-state index is 0.579. The molecular weight excluding hydrogens is 330 g/mol. The molecule has 0 unspecified atom stereocenters. The van der Waals surface area contributed by atoms with E-state index < -0.39 is 0 Å². The van der Waals surface area contributed by atoms with Gasteiger partial charge in [0.25, 0.3) is 0 Å². The Kier molecular flexibility index (Phi) is 6.90. The second kappa shape index (κ2) is 8.69. The molecule has 118 valence electrons. The fourth-order valence-electron chi connectivity index (χ4n) is 2.76. The topological polar surface area (TPSA) is 47.0 Å². The van der Waals surface area contributed by atoms with Crippen LogP contribution in [0.3, 0.4) is 0 Å². The number of nitrogens with one attached hydrogen (secondary N) is 1. The molecule has 1 saturated carbocycles. The number of hydrogen-bond acceptors (Lipinski definition) is 4. The SMILES string of the molecule is CCCNc1nc(CCOCC)nc(C2CCCC2)c1Br. The highest BCUT2D eigenvalue weighted by Gasteiger charge is 2.23. The van der Waals surface area contributed by atoms with Gasteiger partial charge in [-0.05, 0) is 42.1 Å². The average molecular weight is 356 g/mol. The third-order valence-corrected chi connectivity index (χ3v) is 4.66. The van der Waals surface area contributed by atoms with Crippen LogP contribution in [0.2, 0.25) is 0 Å². The van der Waals surface area contributed by atoms with E-state index in [0.717, 1.165) is 42.1 Å². The fourth-order valence-corrected chi connectivity index (χ4v) is 3.40. The predicted molar refractivity (Wildman–Crippen MR) is 89.9 cm³/mol. The zero-order chi connectivity index (χ0) is 15.1. The van der Waals surface area contributed by atoms with Crippen molar-refractivity contribution in [3.63, 3.8) is 0 Å². The van der Waals surface area contributed by atoms with E-state index in [1.807, 2.05) is 6.92 Å². The van der Waals surface area contributed by atoms with Crippen LogP contribution in [-0.2, 0) is 11.2 Å². The van der Waals surface area contributed by atoms with Crippen LogP contribution < -0.4 is 5.32 Å². The molecule has 1 aromatic heterocycles. The first-order valence-electron chi connectivity index (χ1n) is 8.14. The van der Waals surface area contributed by atoms with E-state index in [0.29, 0.717) is 12.5 Å². The lowest BCUT2D eigenvalue weighted by Crippen LogP contribution is -2.12. The van der Waals surface area contributed by atoms with Crippen LogP contribution in [0, 0.1) is 0 Å². The lowest BCUT2D eigenvalue weighted by Gasteiger charge is -2.16. The Morgan fingerprint density at radius 2 is 2.00 bits per heavy atom. The average Bonchev–Trinajstić information content (AvgIpc) is 3.01. The molecule has 0 radical (unpaired) electrons. The maximum atomic E-state index is 5.44. The van der Waals surface area contributed by atoms with Gasteiger partial charge in [0.1, 0.15) is 11.6 Å². The van der Waals surface area contributed by atoms with Crippen LogP contribution in [0.4, 0.5) is 5.82 Å². The first kappa shape index (κ1) is 16.7. The van der Waals surface area contributed by atoms with E-state index >= 15 is 0 Å². The summed E-state index contributed by atoms with van der Waals surface area (Å²) in [6.07, 6.45) is 6.98. The van der Waals surface area contributed by atoms with Gasteiger partial charge in [0, 0.05) is 25.5 Å². The highest BCUT2D eigenvalue weighted by molar-refractivity contribution is 9.10. The van der Waals surface area contributed by atoms with E-state index in [2.05, 4.69) is 33.2 Å². The zero-order valence-electron chi connectivity index (χ0n) is 13.1.